The molecule has 2 fully saturated rings. The molecular formula is C10H18O2. The summed E-state index contributed by atoms with van der Waals surface area (Å²) in [6.45, 7) is 5.84. The highest BCUT2D eigenvalue weighted by Crippen LogP contribution is 2.67. The highest BCUT2D eigenvalue weighted by molar-refractivity contribution is 5.15. The summed E-state index contributed by atoms with van der Waals surface area (Å²) in [6, 6.07) is 0. The molecule has 4 atom stereocenters. The average molecular weight is 170 g/mol. The van der Waals surface area contributed by atoms with Gasteiger partial charge >= 0.3 is 0 Å². The molecule has 2 saturated carbocycles. The maximum Gasteiger partial charge on any atom is 0.0623 e. The second-order valence-electron chi connectivity index (χ2n) is 5.33. The molecular weight excluding hydrogens is 152 g/mol. The molecule has 0 heterocycles. The van der Waals surface area contributed by atoms with E-state index in [9.17, 15) is 10.2 Å². The number of rotatable bonds is 1. The average Bonchev–Trinajstić information content (AvgIpc) is 2.49. The van der Waals surface area contributed by atoms with Gasteiger partial charge in [-0.25, -0.2) is 0 Å². The molecule has 0 radical (unpaired) electrons. The van der Waals surface area contributed by atoms with Crippen molar-refractivity contribution < 1.29 is 10.2 Å². The summed E-state index contributed by atoms with van der Waals surface area (Å²) in [5, 5.41) is 19.6. The Kier molecular flexibility index (Phi) is 1.45. The number of aliphatic hydroxyl groups excluding tert-OH is 1. The Hall–Kier alpha value is -0.0800. The molecule has 70 valence electrons. The molecule has 2 aliphatic rings. The van der Waals surface area contributed by atoms with Crippen LogP contribution in [0.5, 0.6) is 0 Å². The van der Waals surface area contributed by atoms with Crippen molar-refractivity contribution in [2.75, 3.05) is 0 Å². The Morgan fingerprint density at radius 3 is 2.17 bits per heavy atom. The van der Waals surface area contributed by atoms with E-state index < -0.39 is 5.60 Å². The van der Waals surface area contributed by atoms with Crippen LogP contribution < -0.4 is 0 Å². The first kappa shape index (κ1) is 8.52. The van der Waals surface area contributed by atoms with Gasteiger partial charge in [-0.15, -0.1) is 0 Å². The molecule has 12 heavy (non-hydrogen) atoms. The minimum absolute atomic E-state index is 0.144. The molecule has 0 unspecified atom stereocenters. The van der Waals surface area contributed by atoms with Crippen LogP contribution in [0.3, 0.4) is 0 Å². The van der Waals surface area contributed by atoms with E-state index in [0.717, 1.165) is 12.8 Å². The summed E-state index contributed by atoms with van der Waals surface area (Å²) < 4.78 is 0. The van der Waals surface area contributed by atoms with Gasteiger partial charge in [0.1, 0.15) is 0 Å². The van der Waals surface area contributed by atoms with Crippen LogP contribution >= 0.6 is 0 Å². The third-order valence-electron chi connectivity index (χ3n) is 3.98. The SMILES string of the molecule is CC(C)(O)[C@@H]1C[C@H](O)[C@@]2(C)C[C@@H]12. The van der Waals surface area contributed by atoms with Crippen molar-refractivity contribution in [2.24, 2.45) is 17.3 Å². The van der Waals surface area contributed by atoms with Gasteiger partial charge in [-0.2, -0.15) is 0 Å². The van der Waals surface area contributed by atoms with Gasteiger partial charge in [0.25, 0.3) is 0 Å². The van der Waals surface area contributed by atoms with Crippen molar-refractivity contribution in [3.05, 3.63) is 0 Å². The Bertz CT molecular complexity index is 206. The molecule has 0 amide bonds. The van der Waals surface area contributed by atoms with Gasteiger partial charge in [0.2, 0.25) is 0 Å². The largest absolute Gasteiger partial charge is 0.393 e. The van der Waals surface area contributed by atoms with Crippen LogP contribution in [0.2, 0.25) is 0 Å². The first-order valence-electron chi connectivity index (χ1n) is 4.76. The number of aliphatic hydroxyl groups is 2. The van der Waals surface area contributed by atoms with E-state index in [4.69, 9.17) is 0 Å². The fourth-order valence-electron chi connectivity index (χ4n) is 2.85. The molecule has 0 aromatic heterocycles. The molecule has 2 N–H and O–H groups in total. The van der Waals surface area contributed by atoms with Gasteiger partial charge in [-0.05, 0) is 43.9 Å². The summed E-state index contributed by atoms with van der Waals surface area (Å²) in [4.78, 5) is 0. The van der Waals surface area contributed by atoms with Gasteiger partial charge in [0, 0.05) is 0 Å². The lowest BCUT2D eigenvalue weighted by atomic mass is 9.86. The van der Waals surface area contributed by atoms with E-state index in [0.29, 0.717) is 11.8 Å². The molecule has 2 nitrogen and oxygen atoms in total. The van der Waals surface area contributed by atoms with Crippen molar-refractivity contribution in [3.63, 3.8) is 0 Å². The smallest absolute Gasteiger partial charge is 0.0623 e. The van der Waals surface area contributed by atoms with Crippen molar-refractivity contribution in [1.29, 1.82) is 0 Å². The Labute approximate surface area is 73.6 Å². The summed E-state index contributed by atoms with van der Waals surface area (Å²) >= 11 is 0. The molecule has 2 aliphatic carbocycles. The van der Waals surface area contributed by atoms with Crippen molar-refractivity contribution in [3.8, 4) is 0 Å². The highest BCUT2D eigenvalue weighted by atomic mass is 16.3. The lowest BCUT2D eigenvalue weighted by Gasteiger charge is -2.27. The second-order valence-corrected chi connectivity index (χ2v) is 5.33. The van der Waals surface area contributed by atoms with Crippen LogP contribution in [0.25, 0.3) is 0 Å². The molecule has 0 saturated heterocycles. The second kappa shape index (κ2) is 2.05. The molecule has 0 spiro atoms. The molecule has 2 rings (SSSR count). The Morgan fingerprint density at radius 2 is 2.00 bits per heavy atom. The quantitative estimate of drug-likeness (QED) is 0.620. The molecule has 0 aliphatic heterocycles. The predicted octanol–water partition coefficient (Wildman–Crippen LogP) is 1.16. The van der Waals surface area contributed by atoms with Crippen LogP contribution in [0.4, 0.5) is 0 Å². The Balaban J connectivity index is 2.15. The fourth-order valence-corrected chi connectivity index (χ4v) is 2.85. The molecule has 2 heteroatoms. The zero-order chi connectivity index (χ0) is 9.15. The molecule has 0 aromatic carbocycles. The minimum atomic E-state index is -0.611. The summed E-state index contributed by atoms with van der Waals surface area (Å²) in [5.74, 6) is 0.866. The summed E-state index contributed by atoms with van der Waals surface area (Å²) in [5.41, 5.74) is -0.468. The molecule has 0 aromatic rings. The van der Waals surface area contributed by atoms with Crippen LogP contribution in [0.15, 0.2) is 0 Å². The maximum atomic E-state index is 9.84. The zero-order valence-electron chi connectivity index (χ0n) is 8.04. The van der Waals surface area contributed by atoms with E-state index in [1.54, 1.807) is 0 Å². The molecule has 0 bridgehead atoms. The van der Waals surface area contributed by atoms with Gasteiger partial charge in [-0.1, -0.05) is 6.92 Å². The first-order valence-corrected chi connectivity index (χ1v) is 4.76. The standard InChI is InChI=1S/C10H18O2/c1-9(2,12)6-4-8(11)10(3)5-7(6)10/h6-8,11-12H,4-5H2,1-3H3/t6-,7+,8+,10+/m1/s1. The van der Waals surface area contributed by atoms with Crippen molar-refractivity contribution >= 4 is 0 Å². The van der Waals surface area contributed by atoms with E-state index >= 15 is 0 Å². The van der Waals surface area contributed by atoms with E-state index in [1.807, 2.05) is 13.8 Å². The lowest BCUT2D eigenvalue weighted by molar-refractivity contribution is 0.00104. The first-order chi connectivity index (χ1) is 5.36. The van der Waals surface area contributed by atoms with Gasteiger partial charge < -0.3 is 10.2 Å². The third kappa shape index (κ3) is 0.944. The van der Waals surface area contributed by atoms with Crippen LogP contribution in [-0.2, 0) is 0 Å². The van der Waals surface area contributed by atoms with Crippen molar-refractivity contribution in [2.45, 2.75) is 45.3 Å². The summed E-state index contributed by atoms with van der Waals surface area (Å²) in [7, 11) is 0. The van der Waals surface area contributed by atoms with E-state index in [2.05, 4.69) is 6.92 Å². The lowest BCUT2D eigenvalue weighted by Crippen LogP contribution is -2.31. The van der Waals surface area contributed by atoms with Crippen LogP contribution in [0.1, 0.15) is 33.6 Å². The van der Waals surface area contributed by atoms with E-state index in [1.165, 1.54) is 0 Å². The fraction of sp³-hybridized carbons (Fsp3) is 1.00. The third-order valence-corrected chi connectivity index (χ3v) is 3.98. The predicted molar refractivity (Wildman–Crippen MR) is 46.6 cm³/mol. The minimum Gasteiger partial charge on any atom is -0.393 e. The zero-order valence-corrected chi connectivity index (χ0v) is 8.04. The van der Waals surface area contributed by atoms with Crippen LogP contribution in [0, 0.1) is 17.3 Å². The van der Waals surface area contributed by atoms with E-state index in [-0.39, 0.29) is 11.5 Å². The summed E-state index contributed by atoms with van der Waals surface area (Å²) in [6.07, 6.45) is 1.70. The monoisotopic (exact) mass is 170 g/mol. The number of fused-ring (bicyclic) bond motifs is 1. The maximum absolute atomic E-state index is 9.84. The van der Waals surface area contributed by atoms with Gasteiger partial charge in [0.15, 0.2) is 0 Å². The van der Waals surface area contributed by atoms with Crippen LogP contribution in [-0.4, -0.2) is 21.9 Å². The Morgan fingerprint density at radius 1 is 1.42 bits per heavy atom. The number of hydrogen-bond acceptors (Lipinski definition) is 2. The topological polar surface area (TPSA) is 40.5 Å². The van der Waals surface area contributed by atoms with Gasteiger partial charge in [-0.3, -0.25) is 0 Å². The number of hydrogen-bond donors (Lipinski definition) is 2. The highest BCUT2D eigenvalue weighted by Gasteiger charge is 2.66. The van der Waals surface area contributed by atoms with Crippen molar-refractivity contribution in [1.82, 2.24) is 0 Å². The van der Waals surface area contributed by atoms with Gasteiger partial charge in [0.05, 0.1) is 11.7 Å². The normalized spacial score (nSPS) is 52.2.